The molecule has 0 radical (unpaired) electrons. The zero-order valence-corrected chi connectivity index (χ0v) is 18.3. The minimum Gasteiger partial charge on any atom is -0.462 e. The van der Waals surface area contributed by atoms with E-state index < -0.39 is 11.5 Å². The van der Waals surface area contributed by atoms with E-state index in [9.17, 15) is 14.4 Å². The number of unbranched alkanes of at least 4 members (excludes halogenated alkanes) is 2. The van der Waals surface area contributed by atoms with Crippen LogP contribution in [0.3, 0.4) is 0 Å². The van der Waals surface area contributed by atoms with Gasteiger partial charge in [-0.25, -0.2) is 9.78 Å². The molecule has 0 saturated carbocycles. The van der Waals surface area contributed by atoms with Gasteiger partial charge in [-0.3, -0.25) is 19.3 Å². The summed E-state index contributed by atoms with van der Waals surface area (Å²) in [5, 5.41) is 7.55. The second-order valence-corrected chi connectivity index (χ2v) is 7.63. The average molecular weight is 435 g/mol. The number of aromatic nitrogens is 5. The lowest BCUT2D eigenvalue weighted by atomic mass is 10.1. The van der Waals surface area contributed by atoms with Crippen molar-refractivity contribution in [2.24, 2.45) is 0 Å². The van der Waals surface area contributed by atoms with Crippen molar-refractivity contribution in [3.05, 3.63) is 62.6 Å². The Morgan fingerprint density at radius 3 is 2.50 bits per heavy atom. The minimum atomic E-state index is -0.563. The van der Waals surface area contributed by atoms with E-state index in [1.807, 2.05) is 0 Å². The number of carbonyl (C=O) groups excluding carboxylic acids is 1. The maximum atomic E-state index is 13.3. The molecule has 0 aromatic carbocycles. The molecule has 0 atom stereocenters. The van der Waals surface area contributed by atoms with Crippen molar-refractivity contribution in [2.45, 2.75) is 46.6 Å². The van der Waals surface area contributed by atoms with Crippen LogP contribution in [-0.4, -0.2) is 36.9 Å². The summed E-state index contributed by atoms with van der Waals surface area (Å²) >= 11 is 0. The lowest BCUT2D eigenvalue weighted by molar-refractivity contribution is 0.0525. The number of nitrogens with one attached hydrogen (secondary N) is 1. The SMILES string of the molecule is CCCCCn1ccc2nc3ccn(-c4n[nH]c(C)c4C(=O)OCC)c(=O)c3cc2c1=O. The highest BCUT2D eigenvalue weighted by molar-refractivity contribution is 5.95. The number of aryl methyl sites for hydroxylation is 2. The van der Waals surface area contributed by atoms with E-state index in [-0.39, 0.29) is 28.9 Å². The van der Waals surface area contributed by atoms with Crippen LogP contribution in [0.1, 0.15) is 49.2 Å². The maximum absolute atomic E-state index is 13.3. The van der Waals surface area contributed by atoms with Crippen LogP contribution in [0.4, 0.5) is 0 Å². The van der Waals surface area contributed by atoms with Gasteiger partial charge in [-0.05, 0) is 38.5 Å². The molecule has 0 bridgehead atoms. The maximum Gasteiger partial charge on any atom is 0.343 e. The minimum absolute atomic E-state index is 0.151. The normalized spacial score (nSPS) is 11.3. The lowest BCUT2D eigenvalue weighted by Crippen LogP contribution is -2.23. The van der Waals surface area contributed by atoms with Crippen LogP contribution < -0.4 is 11.1 Å². The first-order chi connectivity index (χ1) is 15.5. The molecule has 4 aromatic rings. The van der Waals surface area contributed by atoms with Crippen molar-refractivity contribution >= 4 is 27.8 Å². The predicted octanol–water partition coefficient (Wildman–Crippen LogP) is 3.10. The first-order valence-electron chi connectivity index (χ1n) is 10.7. The van der Waals surface area contributed by atoms with Gasteiger partial charge in [-0.2, -0.15) is 5.10 Å². The topological polar surface area (TPSA) is 112 Å². The molecule has 9 nitrogen and oxygen atoms in total. The molecule has 1 N–H and O–H groups in total. The van der Waals surface area contributed by atoms with Crippen molar-refractivity contribution in [3.8, 4) is 5.82 Å². The molecule has 0 amide bonds. The van der Waals surface area contributed by atoms with Gasteiger partial charge in [-0.15, -0.1) is 0 Å². The molecule has 0 spiro atoms. The van der Waals surface area contributed by atoms with Crippen molar-refractivity contribution in [2.75, 3.05) is 6.61 Å². The molecule has 0 unspecified atom stereocenters. The van der Waals surface area contributed by atoms with E-state index in [1.165, 1.54) is 10.8 Å². The Kier molecular flexibility index (Phi) is 5.89. The van der Waals surface area contributed by atoms with Crippen molar-refractivity contribution in [3.63, 3.8) is 0 Å². The van der Waals surface area contributed by atoms with Crippen molar-refractivity contribution < 1.29 is 9.53 Å². The van der Waals surface area contributed by atoms with Crippen molar-refractivity contribution in [1.29, 1.82) is 0 Å². The Bertz CT molecular complexity index is 1430. The van der Waals surface area contributed by atoms with Gasteiger partial charge in [0.05, 0.1) is 28.4 Å². The summed E-state index contributed by atoms with van der Waals surface area (Å²) in [5.74, 6) is -0.412. The van der Waals surface area contributed by atoms with Crippen LogP contribution in [0.15, 0.2) is 40.2 Å². The third-order valence-corrected chi connectivity index (χ3v) is 5.45. The van der Waals surface area contributed by atoms with Gasteiger partial charge >= 0.3 is 5.97 Å². The number of nitrogens with zero attached hydrogens (tertiary/aromatic N) is 4. The highest BCUT2D eigenvalue weighted by Gasteiger charge is 2.22. The zero-order chi connectivity index (χ0) is 22.8. The molecule has 0 fully saturated rings. The lowest BCUT2D eigenvalue weighted by Gasteiger charge is -2.09. The molecule has 0 aliphatic heterocycles. The summed E-state index contributed by atoms with van der Waals surface area (Å²) in [7, 11) is 0. The Morgan fingerprint density at radius 2 is 1.78 bits per heavy atom. The van der Waals surface area contributed by atoms with Gasteiger partial charge in [0.1, 0.15) is 5.56 Å². The number of pyridine rings is 3. The zero-order valence-electron chi connectivity index (χ0n) is 18.3. The monoisotopic (exact) mass is 435 g/mol. The summed E-state index contributed by atoms with van der Waals surface area (Å²) in [5.41, 5.74) is 1.10. The fraction of sp³-hybridized carbons (Fsp3) is 0.348. The molecule has 9 heteroatoms. The van der Waals surface area contributed by atoms with Gasteiger partial charge < -0.3 is 9.30 Å². The second-order valence-electron chi connectivity index (χ2n) is 7.63. The summed E-state index contributed by atoms with van der Waals surface area (Å²) < 4.78 is 8.04. The van der Waals surface area contributed by atoms with E-state index in [0.717, 1.165) is 19.3 Å². The molecule has 32 heavy (non-hydrogen) atoms. The van der Waals surface area contributed by atoms with Crippen LogP contribution in [0.5, 0.6) is 0 Å². The molecule has 0 aliphatic carbocycles. The Hall–Kier alpha value is -3.75. The van der Waals surface area contributed by atoms with Gasteiger partial charge in [0, 0.05) is 24.6 Å². The molecule has 166 valence electrons. The molecule has 4 rings (SSSR count). The highest BCUT2D eigenvalue weighted by Crippen LogP contribution is 2.19. The highest BCUT2D eigenvalue weighted by atomic mass is 16.5. The van der Waals surface area contributed by atoms with E-state index >= 15 is 0 Å². The molecular weight excluding hydrogens is 410 g/mol. The van der Waals surface area contributed by atoms with Gasteiger partial charge in [0.2, 0.25) is 0 Å². The third kappa shape index (κ3) is 3.70. The smallest absolute Gasteiger partial charge is 0.343 e. The molecular formula is C23H25N5O4. The van der Waals surface area contributed by atoms with Gasteiger partial charge in [0.25, 0.3) is 11.1 Å². The Balaban J connectivity index is 1.88. The van der Waals surface area contributed by atoms with Crippen LogP contribution >= 0.6 is 0 Å². The van der Waals surface area contributed by atoms with E-state index in [2.05, 4.69) is 22.1 Å². The fourth-order valence-electron chi connectivity index (χ4n) is 3.78. The number of carbonyl (C=O) groups is 1. The summed E-state index contributed by atoms with van der Waals surface area (Å²) in [6, 6.07) is 5.05. The number of hydrogen-bond acceptors (Lipinski definition) is 6. The number of aromatic amines is 1. The first kappa shape index (κ1) is 21.5. The molecule has 0 aliphatic rings. The number of rotatable bonds is 7. The number of fused-ring (bicyclic) bond motifs is 2. The Morgan fingerprint density at radius 1 is 1.06 bits per heavy atom. The number of H-pyrrole nitrogens is 1. The molecule has 4 heterocycles. The summed E-state index contributed by atoms with van der Waals surface area (Å²) in [4.78, 5) is 43.2. The van der Waals surface area contributed by atoms with E-state index in [4.69, 9.17) is 4.74 Å². The van der Waals surface area contributed by atoms with Crippen LogP contribution in [0, 0.1) is 6.92 Å². The van der Waals surface area contributed by atoms with Gasteiger partial charge in [-0.1, -0.05) is 19.8 Å². The van der Waals surface area contributed by atoms with Gasteiger partial charge in [0.15, 0.2) is 5.82 Å². The first-order valence-corrected chi connectivity index (χ1v) is 10.7. The predicted molar refractivity (Wildman–Crippen MR) is 121 cm³/mol. The number of hydrogen-bond donors (Lipinski definition) is 1. The second kappa shape index (κ2) is 8.78. The summed E-state index contributed by atoms with van der Waals surface area (Å²) in [6.45, 7) is 6.33. The third-order valence-electron chi connectivity index (χ3n) is 5.45. The number of ether oxygens (including phenoxy) is 1. The van der Waals surface area contributed by atoms with Crippen LogP contribution in [0.2, 0.25) is 0 Å². The molecule has 4 aromatic heterocycles. The van der Waals surface area contributed by atoms with E-state index in [0.29, 0.717) is 28.7 Å². The summed E-state index contributed by atoms with van der Waals surface area (Å²) in [6.07, 6.45) is 6.28. The van der Waals surface area contributed by atoms with Crippen LogP contribution in [0.25, 0.3) is 27.6 Å². The fourth-order valence-corrected chi connectivity index (χ4v) is 3.78. The average Bonchev–Trinajstić information content (AvgIpc) is 3.16. The number of esters is 1. The standard InChI is InChI=1S/C23H25N5O4/c1-4-6-7-10-27-11-8-17-15(21(27)29)13-16-18(24-17)9-12-28(22(16)30)20-19(14(3)25-26-20)23(31)32-5-2/h8-9,11-13H,4-7,10H2,1-3H3,(H,25,26). The largest absolute Gasteiger partial charge is 0.462 e. The Labute approximate surface area is 183 Å². The quantitative estimate of drug-likeness (QED) is 0.271. The molecule has 0 saturated heterocycles. The van der Waals surface area contributed by atoms with Crippen molar-refractivity contribution in [1.82, 2.24) is 24.3 Å². The van der Waals surface area contributed by atoms with Crippen LogP contribution in [-0.2, 0) is 11.3 Å². The van der Waals surface area contributed by atoms with E-state index in [1.54, 1.807) is 42.8 Å².